The first kappa shape index (κ1) is 19.0. The number of carbonyl (C=O) groups excluding carboxylic acids is 2. The molecule has 2 aromatic rings. The fourth-order valence-electron chi connectivity index (χ4n) is 2.19. The highest BCUT2D eigenvalue weighted by atomic mass is 16.6. The van der Waals surface area contributed by atoms with Gasteiger partial charge >= 0.3 is 5.97 Å². The number of para-hydroxylation sites is 1. The maximum atomic E-state index is 12.2. The standard InChI is InChI=1S/C20H20N2O4/c1-13-7-6-9-17(11-13)25-15(3)20(24)26-14(2)19(23)22-18-10-5-4-8-16(18)12-21/h4-11,14-15H,1-3H3,(H,22,23)/t14-,15+/m1/s1. The number of rotatable bonds is 6. The first-order valence-electron chi connectivity index (χ1n) is 8.14. The average Bonchev–Trinajstić information content (AvgIpc) is 2.62. The van der Waals surface area contributed by atoms with Gasteiger partial charge in [-0.1, -0.05) is 24.3 Å². The van der Waals surface area contributed by atoms with Gasteiger partial charge in [-0.15, -0.1) is 0 Å². The highest BCUT2D eigenvalue weighted by Gasteiger charge is 2.23. The fraction of sp³-hybridized carbons (Fsp3) is 0.250. The van der Waals surface area contributed by atoms with Crippen LogP contribution < -0.4 is 10.1 Å². The Morgan fingerprint density at radius 1 is 1.08 bits per heavy atom. The van der Waals surface area contributed by atoms with Crippen LogP contribution in [0.4, 0.5) is 5.69 Å². The summed E-state index contributed by atoms with van der Waals surface area (Å²) in [5.41, 5.74) is 1.70. The molecule has 0 radical (unpaired) electrons. The number of ether oxygens (including phenoxy) is 2. The third-order valence-electron chi connectivity index (χ3n) is 3.60. The molecule has 6 nitrogen and oxygen atoms in total. The van der Waals surface area contributed by atoms with Gasteiger partial charge in [0.25, 0.3) is 5.91 Å². The van der Waals surface area contributed by atoms with Crippen LogP contribution in [0.25, 0.3) is 0 Å². The Balaban J connectivity index is 1.93. The summed E-state index contributed by atoms with van der Waals surface area (Å²) in [5.74, 6) is -0.624. The summed E-state index contributed by atoms with van der Waals surface area (Å²) < 4.78 is 10.7. The number of nitriles is 1. The second-order valence-corrected chi connectivity index (χ2v) is 5.80. The van der Waals surface area contributed by atoms with E-state index in [9.17, 15) is 9.59 Å². The molecular formula is C20H20N2O4. The Morgan fingerprint density at radius 2 is 1.81 bits per heavy atom. The van der Waals surface area contributed by atoms with Crippen molar-refractivity contribution in [3.8, 4) is 11.8 Å². The third kappa shape index (κ3) is 5.08. The number of anilines is 1. The van der Waals surface area contributed by atoms with Crippen molar-refractivity contribution in [2.24, 2.45) is 0 Å². The van der Waals surface area contributed by atoms with Gasteiger partial charge in [0.2, 0.25) is 0 Å². The van der Waals surface area contributed by atoms with E-state index >= 15 is 0 Å². The van der Waals surface area contributed by atoms with Crippen LogP contribution in [0.1, 0.15) is 25.0 Å². The van der Waals surface area contributed by atoms with E-state index in [-0.39, 0.29) is 0 Å². The van der Waals surface area contributed by atoms with Gasteiger partial charge in [0.05, 0.1) is 11.3 Å². The van der Waals surface area contributed by atoms with E-state index < -0.39 is 24.1 Å². The van der Waals surface area contributed by atoms with E-state index in [0.29, 0.717) is 17.0 Å². The summed E-state index contributed by atoms with van der Waals surface area (Å²) in [5, 5.41) is 11.6. The van der Waals surface area contributed by atoms with E-state index in [2.05, 4.69) is 5.32 Å². The summed E-state index contributed by atoms with van der Waals surface area (Å²) in [4.78, 5) is 24.3. The van der Waals surface area contributed by atoms with Gasteiger partial charge < -0.3 is 14.8 Å². The number of hydrogen-bond donors (Lipinski definition) is 1. The number of nitrogens with zero attached hydrogens (tertiary/aromatic N) is 1. The zero-order valence-corrected chi connectivity index (χ0v) is 14.9. The molecule has 2 atom stereocenters. The zero-order valence-electron chi connectivity index (χ0n) is 14.9. The van der Waals surface area contributed by atoms with Gasteiger partial charge in [-0.25, -0.2) is 4.79 Å². The number of hydrogen-bond acceptors (Lipinski definition) is 5. The van der Waals surface area contributed by atoms with Gasteiger partial charge in [-0.3, -0.25) is 4.79 Å². The topological polar surface area (TPSA) is 88.4 Å². The molecule has 26 heavy (non-hydrogen) atoms. The molecule has 134 valence electrons. The highest BCUT2D eigenvalue weighted by Crippen LogP contribution is 2.16. The number of nitrogens with one attached hydrogen (secondary N) is 1. The quantitative estimate of drug-likeness (QED) is 0.807. The van der Waals surface area contributed by atoms with E-state index in [1.807, 2.05) is 25.1 Å². The predicted molar refractivity (Wildman–Crippen MR) is 96.6 cm³/mol. The second kappa shape index (κ2) is 8.67. The Bertz CT molecular complexity index is 842. The third-order valence-corrected chi connectivity index (χ3v) is 3.60. The summed E-state index contributed by atoms with van der Waals surface area (Å²) in [6, 6.07) is 15.9. The molecule has 6 heteroatoms. The van der Waals surface area contributed by atoms with E-state index in [1.54, 1.807) is 43.3 Å². The lowest BCUT2D eigenvalue weighted by Gasteiger charge is -2.18. The number of carbonyl (C=O) groups is 2. The van der Waals surface area contributed by atoms with Gasteiger partial charge in [0, 0.05) is 0 Å². The van der Waals surface area contributed by atoms with Crippen LogP contribution in [0.15, 0.2) is 48.5 Å². The molecule has 0 aliphatic rings. The number of benzene rings is 2. The van der Waals surface area contributed by atoms with Crippen LogP contribution in [-0.4, -0.2) is 24.1 Å². The van der Waals surface area contributed by atoms with E-state index in [0.717, 1.165) is 5.56 Å². The van der Waals surface area contributed by atoms with Crippen molar-refractivity contribution in [2.45, 2.75) is 33.0 Å². The maximum absolute atomic E-state index is 12.2. The molecule has 2 rings (SSSR count). The Morgan fingerprint density at radius 3 is 2.50 bits per heavy atom. The minimum atomic E-state index is -1.03. The highest BCUT2D eigenvalue weighted by molar-refractivity contribution is 5.96. The van der Waals surface area contributed by atoms with Crippen LogP contribution in [0.2, 0.25) is 0 Å². The lowest BCUT2D eigenvalue weighted by molar-refractivity contribution is -0.159. The van der Waals surface area contributed by atoms with Crippen molar-refractivity contribution in [3.05, 3.63) is 59.7 Å². The molecule has 2 aromatic carbocycles. The molecule has 1 amide bonds. The molecule has 0 fully saturated rings. The molecule has 0 saturated heterocycles. The Hall–Kier alpha value is -3.33. The van der Waals surface area contributed by atoms with Crippen LogP contribution in [-0.2, 0) is 14.3 Å². The number of aryl methyl sites for hydroxylation is 1. The smallest absolute Gasteiger partial charge is 0.347 e. The molecule has 0 heterocycles. The predicted octanol–water partition coefficient (Wildman–Crippen LogP) is 3.20. The molecule has 0 aromatic heterocycles. The molecule has 0 unspecified atom stereocenters. The van der Waals surface area contributed by atoms with Crippen LogP contribution >= 0.6 is 0 Å². The van der Waals surface area contributed by atoms with Crippen molar-refractivity contribution in [3.63, 3.8) is 0 Å². The van der Waals surface area contributed by atoms with Crippen molar-refractivity contribution < 1.29 is 19.1 Å². The van der Waals surface area contributed by atoms with Gasteiger partial charge in [0.15, 0.2) is 12.2 Å². The summed E-state index contributed by atoms with van der Waals surface area (Å²) in [6.07, 6.45) is -1.89. The Labute approximate surface area is 152 Å². The van der Waals surface area contributed by atoms with Crippen molar-refractivity contribution in [1.29, 1.82) is 5.26 Å². The summed E-state index contributed by atoms with van der Waals surface area (Å²) in [7, 11) is 0. The molecule has 0 aliphatic heterocycles. The molecular weight excluding hydrogens is 332 g/mol. The largest absolute Gasteiger partial charge is 0.479 e. The first-order valence-corrected chi connectivity index (χ1v) is 8.14. The van der Waals surface area contributed by atoms with Crippen molar-refractivity contribution >= 4 is 17.6 Å². The summed E-state index contributed by atoms with van der Waals surface area (Å²) >= 11 is 0. The number of esters is 1. The monoisotopic (exact) mass is 352 g/mol. The van der Waals surface area contributed by atoms with Gasteiger partial charge in [-0.2, -0.15) is 5.26 Å². The molecule has 0 bridgehead atoms. The van der Waals surface area contributed by atoms with Crippen LogP contribution in [0.3, 0.4) is 0 Å². The minimum absolute atomic E-state index is 0.329. The lowest BCUT2D eigenvalue weighted by atomic mass is 10.2. The lowest BCUT2D eigenvalue weighted by Crippen LogP contribution is -2.35. The Kier molecular flexibility index (Phi) is 6.34. The summed E-state index contributed by atoms with van der Waals surface area (Å²) in [6.45, 7) is 4.93. The molecule has 0 saturated carbocycles. The van der Waals surface area contributed by atoms with Crippen LogP contribution in [0.5, 0.6) is 5.75 Å². The van der Waals surface area contributed by atoms with Crippen molar-refractivity contribution in [1.82, 2.24) is 0 Å². The molecule has 0 aliphatic carbocycles. The van der Waals surface area contributed by atoms with Crippen molar-refractivity contribution in [2.75, 3.05) is 5.32 Å². The first-order chi connectivity index (χ1) is 12.4. The number of amides is 1. The van der Waals surface area contributed by atoms with Gasteiger partial charge in [0.1, 0.15) is 11.8 Å². The minimum Gasteiger partial charge on any atom is -0.479 e. The van der Waals surface area contributed by atoms with Gasteiger partial charge in [-0.05, 0) is 50.6 Å². The molecule has 0 spiro atoms. The average molecular weight is 352 g/mol. The molecule has 1 N–H and O–H groups in total. The van der Waals surface area contributed by atoms with E-state index in [1.165, 1.54) is 6.92 Å². The van der Waals surface area contributed by atoms with Crippen LogP contribution in [0, 0.1) is 18.3 Å². The normalized spacial score (nSPS) is 12.4. The SMILES string of the molecule is Cc1cccc(O[C@@H](C)C(=O)O[C@H](C)C(=O)Nc2ccccc2C#N)c1. The fourth-order valence-corrected chi connectivity index (χ4v) is 2.19. The second-order valence-electron chi connectivity index (χ2n) is 5.80. The maximum Gasteiger partial charge on any atom is 0.347 e. The van der Waals surface area contributed by atoms with E-state index in [4.69, 9.17) is 14.7 Å². The zero-order chi connectivity index (χ0) is 19.1.